The van der Waals surface area contributed by atoms with E-state index in [2.05, 4.69) is 5.32 Å². The first-order valence-corrected chi connectivity index (χ1v) is 7.11. The summed E-state index contributed by atoms with van der Waals surface area (Å²) in [6.07, 6.45) is -0.793. The quantitative estimate of drug-likeness (QED) is 0.613. The van der Waals surface area contributed by atoms with Crippen molar-refractivity contribution in [2.24, 2.45) is 5.73 Å². The molecule has 0 heterocycles. The molecule has 0 aromatic heterocycles. The van der Waals surface area contributed by atoms with Crippen LogP contribution in [0.5, 0.6) is 0 Å². The van der Waals surface area contributed by atoms with Crippen LogP contribution in [0.25, 0.3) is 0 Å². The monoisotopic (exact) mass is 329 g/mol. The average molecular weight is 330 g/mol. The third-order valence-corrected chi connectivity index (χ3v) is 3.11. The molecule has 0 aliphatic rings. The fourth-order valence-electron chi connectivity index (χ4n) is 2.11. The second-order valence-corrected chi connectivity index (χ2v) is 6.28. The van der Waals surface area contributed by atoms with E-state index in [-0.39, 0.29) is 23.2 Å². The Balaban J connectivity index is 3.24. The number of nitro benzene ring substituents is 1. The molecule has 0 saturated heterocycles. The molecule has 0 aliphatic carbocycles. The Morgan fingerprint density at radius 2 is 2.09 bits per heavy atom. The molecule has 0 aliphatic heterocycles. The summed E-state index contributed by atoms with van der Waals surface area (Å²) in [5, 5.41) is 14.6. The van der Waals surface area contributed by atoms with Crippen LogP contribution in [0.1, 0.15) is 33.3 Å². The number of carbonyl (C=O) groups excluding carboxylic acids is 1. The molecular weight excluding hydrogens is 310 g/mol. The molecule has 0 radical (unpaired) electrons. The Kier molecular flexibility index (Phi) is 5.59. The lowest BCUT2D eigenvalue weighted by molar-refractivity contribution is -0.385. The van der Waals surface area contributed by atoms with Crippen molar-refractivity contribution < 1.29 is 14.5 Å². The lowest BCUT2D eigenvalue weighted by Crippen LogP contribution is -2.33. The van der Waals surface area contributed by atoms with Crippen LogP contribution in [0.4, 0.5) is 16.2 Å². The van der Waals surface area contributed by atoms with Gasteiger partial charge in [-0.25, -0.2) is 4.79 Å². The molecule has 7 nitrogen and oxygen atoms in total. The number of anilines is 1. The van der Waals surface area contributed by atoms with Gasteiger partial charge in [0.2, 0.25) is 0 Å². The number of nitrogens with one attached hydrogen (secondary N) is 1. The number of benzene rings is 1. The van der Waals surface area contributed by atoms with Gasteiger partial charge in [0, 0.05) is 24.1 Å². The van der Waals surface area contributed by atoms with Gasteiger partial charge in [-0.3, -0.25) is 10.1 Å². The predicted molar refractivity (Wildman–Crippen MR) is 85.3 cm³/mol. The van der Waals surface area contributed by atoms with E-state index >= 15 is 0 Å². The minimum Gasteiger partial charge on any atom is -0.443 e. The number of hydrogen-bond donors (Lipinski definition) is 2. The van der Waals surface area contributed by atoms with Gasteiger partial charge < -0.3 is 15.8 Å². The van der Waals surface area contributed by atoms with Crippen LogP contribution >= 0.6 is 11.6 Å². The molecular formula is C14H20ClN3O4. The van der Waals surface area contributed by atoms with Crippen molar-refractivity contribution in [2.75, 3.05) is 5.32 Å². The van der Waals surface area contributed by atoms with Gasteiger partial charge in [0.25, 0.3) is 5.69 Å². The summed E-state index contributed by atoms with van der Waals surface area (Å²) in [7, 11) is 0. The predicted octanol–water partition coefficient (Wildman–Crippen LogP) is 3.48. The minimum atomic E-state index is -0.973. The Morgan fingerprint density at radius 1 is 1.50 bits per heavy atom. The van der Waals surface area contributed by atoms with E-state index in [1.807, 2.05) is 13.8 Å². The maximum atomic E-state index is 11.2. The van der Waals surface area contributed by atoms with Gasteiger partial charge in [-0.2, -0.15) is 0 Å². The number of halogens is 1. The average Bonchev–Trinajstić information content (AvgIpc) is 2.29. The summed E-state index contributed by atoms with van der Waals surface area (Å²) >= 11 is 6.07. The van der Waals surface area contributed by atoms with Gasteiger partial charge in [0.05, 0.1) is 15.6 Å². The topological polar surface area (TPSA) is 107 Å². The highest BCUT2D eigenvalue weighted by Gasteiger charge is 2.28. The summed E-state index contributed by atoms with van der Waals surface area (Å²) in [5.74, 6) is 0. The Morgan fingerprint density at radius 3 is 2.55 bits per heavy atom. The number of rotatable bonds is 6. The van der Waals surface area contributed by atoms with E-state index in [9.17, 15) is 14.9 Å². The zero-order valence-corrected chi connectivity index (χ0v) is 13.7. The number of nitro groups is 1. The Labute approximate surface area is 133 Å². The van der Waals surface area contributed by atoms with Gasteiger partial charge in [-0.15, -0.1) is 0 Å². The van der Waals surface area contributed by atoms with E-state index in [1.54, 1.807) is 19.9 Å². The highest BCUT2D eigenvalue weighted by Crippen LogP contribution is 2.33. The van der Waals surface area contributed by atoms with Gasteiger partial charge >= 0.3 is 6.09 Å². The maximum Gasteiger partial charge on any atom is 0.405 e. The second kappa shape index (κ2) is 6.83. The molecule has 0 atom stereocenters. The summed E-state index contributed by atoms with van der Waals surface area (Å²) in [4.78, 5) is 21.6. The van der Waals surface area contributed by atoms with Crippen LogP contribution in [-0.4, -0.2) is 22.7 Å². The summed E-state index contributed by atoms with van der Waals surface area (Å²) in [6, 6.07) is 3.01. The Hall–Kier alpha value is -2.02. The molecule has 122 valence electrons. The van der Waals surface area contributed by atoms with Crippen molar-refractivity contribution >= 4 is 29.1 Å². The number of hydrogen-bond acceptors (Lipinski definition) is 5. The van der Waals surface area contributed by atoms with E-state index in [0.717, 1.165) is 0 Å². The van der Waals surface area contributed by atoms with Crippen LogP contribution in [0.2, 0.25) is 5.02 Å². The first kappa shape index (κ1) is 18.0. The molecule has 1 aromatic carbocycles. The number of carbonyl (C=O) groups is 1. The van der Waals surface area contributed by atoms with Crippen molar-refractivity contribution in [1.82, 2.24) is 0 Å². The van der Waals surface area contributed by atoms with Crippen LogP contribution in [0.15, 0.2) is 12.1 Å². The van der Waals surface area contributed by atoms with Gasteiger partial charge in [0.15, 0.2) is 0 Å². The fraction of sp³-hybridized carbons (Fsp3) is 0.500. The summed E-state index contributed by atoms with van der Waals surface area (Å²) < 4.78 is 4.99. The third kappa shape index (κ3) is 5.07. The van der Waals surface area contributed by atoms with Crippen molar-refractivity contribution in [3.05, 3.63) is 32.8 Å². The number of nitrogens with zero attached hydrogens (tertiary/aromatic N) is 1. The maximum absolute atomic E-state index is 11.2. The largest absolute Gasteiger partial charge is 0.443 e. The molecule has 1 rings (SSSR count). The second-order valence-electron chi connectivity index (χ2n) is 5.87. The van der Waals surface area contributed by atoms with Crippen LogP contribution < -0.4 is 11.1 Å². The van der Waals surface area contributed by atoms with E-state index in [4.69, 9.17) is 22.1 Å². The normalized spacial score (nSPS) is 11.4. The number of primary amides is 1. The third-order valence-electron chi connectivity index (χ3n) is 2.80. The van der Waals surface area contributed by atoms with Gasteiger partial charge in [0.1, 0.15) is 5.60 Å². The molecule has 1 aromatic rings. The number of ether oxygens (including phenoxy) is 1. The van der Waals surface area contributed by atoms with Crippen LogP contribution in [0.3, 0.4) is 0 Å². The number of amides is 1. The van der Waals surface area contributed by atoms with Crippen molar-refractivity contribution in [1.29, 1.82) is 0 Å². The molecule has 8 heteroatoms. The van der Waals surface area contributed by atoms with Crippen molar-refractivity contribution in [2.45, 2.75) is 45.8 Å². The van der Waals surface area contributed by atoms with E-state index < -0.39 is 16.6 Å². The first-order chi connectivity index (χ1) is 10.0. The zero-order chi connectivity index (χ0) is 17.1. The minimum absolute atomic E-state index is 0.113. The molecule has 3 N–H and O–H groups in total. The highest BCUT2D eigenvalue weighted by atomic mass is 35.5. The molecule has 0 saturated carbocycles. The van der Waals surface area contributed by atoms with Crippen LogP contribution in [0, 0.1) is 10.1 Å². The molecule has 0 fully saturated rings. The molecule has 1 amide bonds. The molecule has 22 heavy (non-hydrogen) atoms. The van der Waals surface area contributed by atoms with Gasteiger partial charge in [-0.1, -0.05) is 11.6 Å². The first-order valence-electron chi connectivity index (χ1n) is 6.73. The SMILES string of the molecule is CC(C)Nc1cc(CC(C)(C)OC(N)=O)c([N+](=O)[O-])cc1Cl. The molecule has 0 spiro atoms. The van der Waals surface area contributed by atoms with Crippen molar-refractivity contribution in [3.63, 3.8) is 0 Å². The van der Waals surface area contributed by atoms with Gasteiger partial charge in [-0.05, 0) is 33.8 Å². The lowest BCUT2D eigenvalue weighted by Gasteiger charge is -2.24. The van der Waals surface area contributed by atoms with Crippen molar-refractivity contribution in [3.8, 4) is 0 Å². The fourth-order valence-corrected chi connectivity index (χ4v) is 2.32. The van der Waals surface area contributed by atoms with E-state index in [1.165, 1.54) is 6.07 Å². The standard InChI is InChI=1S/C14H20ClN3O4/c1-8(2)17-11-5-9(7-14(3,4)22-13(16)19)12(18(20)21)6-10(11)15/h5-6,8,17H,7H2,1-4H3,(H2,16,19). The van der Waals surface area contributed by atoms with Crippen LogP contribution in [-0.2, 0) is 11.2 Å². The highest BCUT2D eigenvalue weighted by molar-refractivity contribution is 6.33. The summed E-state index contributed by atoms with van der Waals surface area (Å²) in [6.45, 7) is 7.12. The van der Waals surface area contributed by atoms with E-state index in [0.29, 0.717) is 11.3 Å². The number of nitrogens with two attached hydrogens (primary N) is 1. The summed E-state index contributed by atoms with van der Waals surface area (Å²) in [5.41, 5.74) is 4.92. The molecule has 0 unspecified atom stereocenters. The zero-order valence-electron chi connectivity index (χ0n) is 13.0. The molecule has 0 bridgehead atoms. The smallest absolute Gasteiger partial charge is 0.405 e. The Bertz CT molecular complexity index is 588. The lowest BCUT2D eigenvalue weighted by atomic mass is 9.96.